The molecule has 0 aliphatic carbocycles. The maximum Gasteiger partial charge on any atom is 0.335 e. The Hall–Kier alpha value is -2.24. The third-order valence-corrected chi connectivity index (χ3v) is 3.97. The Morgan fingerprint density at radius 3 is 2.62 bits per heavy atom. The fourth-order valence-electron chi connectivity index (χ4n) is 2.52. The van der Waals surface area contributed by atoms with Gasteiger partial charge in [-0.3, -0.25) is 4.98 Å². The van der Waals surface area contributed by atoms with E-state index in [0.29, 0.717) is 6.61 Å². The van der Waals surface area contributed by atoms with Gasteiger partial charge in [0.05, 0.1) is 24.3 Å². The minimum atomic E-state index is -0.939. The van der Waals surface area contributed by atoms with Crippen molar-refractivity contribution in [1.29, 1.82) is 0 Å². The Kier molecular flexibility index (Phi) is 6.90. The van der Waals surface area contributed by atoms with Gasteiger partial charge in [0.25, 0.3) is 0 Å². The smallest absolute Gasteiger partial charge is 0.335 e. The Morgan fingerprint density at radius 2 is 2.04 bits per heavy atom. The molecule has 128 valence electrons. The van der Waals surface area contributed by atoms with Crippen molar-refractivity contribution in [2.24, 2.45) is 5.73 Å². The molecule has 0 aliphatic rings. The number of unbranched alkanes of at least 4 members (excludes halogenated alkanes) is 1. The first kappa shape index (κ1) is 18.1. The summed E-state index contributed by atoms with van der Waals surface area (Å²) in [6.45, 7) is 2.59. The average molecular weight is 328 g/mol. The van der Waals surface area contributed by atoms with Crippen LogP contribution in [0.4, 0.5) is 0 Å². The topological polar surface area (TPSA) is 85.4 Å². The van der Waals surface area contributed by atoms with Gasteiger partial charge < -0.3 is 15.6 Å². The summed E-state index contributed by atoms with van der Waals surface area (Å²) in [6, 6.07) is 10.2. The van der Waals surface area contributed by atoms with Gasteiger partial charge in [-0.1, -0.05) is 38.0 Å². The molecule has 1 aromatic heterocycles. The molecule has 2 atom stereocenters. The Balaban J connectivity index is 2.06. The van der Waals surface area contributed by atoms with E-state index in [0.717, 1.165) is 30.4 Å². The minimum absolute atomic E-state index is 0.124. The van der Waals surface area contributed by atoms with Crippen LogP contribution in [0.5, 0.6) is 0 Å². The van der Waals surface area contributed by atoms with E-state index in [4.69, 9.17) is 15.6 Å². The molecule has 24 heavy (non-hydrogen) atoms. The molecule has 1 heterocycles. The summed E-state index contributed by atoms with van der Waals surface area (Å²) in [6.07, 6.45) is 6.34. The van der Waals surface area contributed by atoms with Crippen LogP contribution in [-0.4, -0.2) is 22.2 Å². The average Bonchev–Trinajstić information content (AvgIpc) is 2.62. The number of hydrogen-bond acceptors (Lipinski definition) is 4. The van der Waals surface area contributed by atoms with Crippen LogP contribution in [0, 0.1) is 0 Å². The number of pyridine rings is 1. The second-order valence-electron chi connectivity index (χ2n) is 5.81. The first-order chi connectivity index (χ1) is 11.6. The lowest BCUT2D eigenvalue weighted by molar-refractivity contribution is 0.0160. The van der Waals surface area contributed by atoms with Gasteiger partial charge in [-0.2, -0.15) is 0 Å². The van der Waals surface area contributed by atoms with Crippen molar-refractivity contribution in [2.45, 2.75) is 44.9 Å². The Morgan fingerprint density at radius 1 is 1.29 bits per heavy atom. The van der Waals surface area contributed by atoms with E-state index in [1.165, 1.54) is 0 Å². The normalized spacial score (nSPS) is 13.4. The number of aromatic nitrogens is 1. The van der Waals surface area contributed by atoms with E-state index >= 15 is 0 Å². The fraction of sp³-hybridized carbons (Fsp3) is 0.368. The van der Waals surface area contributed by atoms with Gasteiger partial charge in [0, 0.05) is 12.4 Å². The molecule has 5 heteroatoms. The summed E-state index contributed by atoms with van der Waals surface area (Å²) in [5, 5.41) is 8.99. The zero-order valence-corrected chi connectivity index (χ0v) is 13.9. The van der Waals surface area contributed by atoms with Crippen LogP contribution in [0.15, 0.2) is 48.8 Å². The molecule has 3 N–H and O–H groups in total. The molecule has 0 bridgehead atoms. The molecule has 0 amide bonds. The van der Waals surface area contributed by atoms with Crippen molar-refractivity contribution in [2.75, 3.05) is 0 Å². The number of hydrogen-bond donors (Lipinski definition) is 2. The van der Waals surface area contributed by atoms with E-state index in [-0.39, 0.29) is 17.7 Å². The Bertz CT molecular complexity index is 629. The van der Waals surface area contributed by atoms with Gasteiger partial charge in [0.15, 0.2) is 0 Å². The molecule has 2 unspecified atom stereocenters. The molecule has 0 aliphatic heterocycles. The minimum Gasteiger partial charge on any atom is -0.478 e. The monoisotopic (exact) mass is 328 g/mol. The van der Waals surface area contributed by atoms with Crippen LogP contribution >= 0.6 is 0 Å². The molecule has 1 aromatic carbocycles. The highest BCUT2D eigenvalue weighted by Crippen LogP contribution is 2.22. The number of nitrogens with zero attached hydrogens (tertiary/aromatic N) is 1. The number of rotatable bonds is 9. The van der Waals surface area contributed by atoms with Gasteiger partial charge in [0.2, 0.25) is 0 Å². The molecule has 0 spiro atoms. The van der Waals surface area contributed by atoms with Gasteiger partial charge in [-0.05, 0) is 35.7 Å². The maximum absolute atomic E-state index is 11.0. The highest BCUT2D eigenvalue weighted by molar-refractivity contribution is 5.87. The summed E-state index contributed by atoms with van der Waals surface area (Å²) in [4.78, 5) is 15.0. The number of benzene rings is 1. The van der Waals surface area contributed by atoms with Gasteiger partial charge in [0.1, 0.15) is 0 Å². The second kappa shape index (κ2) is 9.15. The molecule has 0 fully saturated rings. The zero-order chi connectivity index (χ0) is 17.4. The van der Waals surface area contributed by atoms with Crippen LogP contribution in [0.2, 0.25) is 0 Å². The molecular weight excluding hydrogens is 304 g/mol. The molecule has 5 nitrogen and oxygen atoms in total. The standard InChI is InChI=1S/C19H24N2O3/c1-2-3-6-17(24-13-14-5-4-11-21-12-14)18(20)15-7-9-16(10-8-15)19(22)23/h4-5,7-12,17-18H,2-3,6,13,20H2,1H3,(H,22,23). The number of nitrogens with two attached hydrogens (primary N) is 1. The first-order valence-electron chi connectivity index (χ1n) is 8.21. The highest BCUT2D eigenvalue weighted by atomic mass is 16.5. The second-order valence-corrected chi connectivity index (χ2v) is 5.81. The number of carboxylic acids is 1. The molecule has 2 aromatic rings. The van der Waals surface area contributed by atoms with Crippen LogP contribution < -0.4 is 5.73 Å². The summed E-state index contributed by atoms with van der Waals surface area (Å²) < 4.78 is 6.04. The van der Waals surface area contributed by atoms with Crippen molar-refractivity contribution in [3.63, 3.8) is 0 Å². The van der Waals surface area contributed by atoms with Gasteiger partial charge in [-0.15, -0.1) is 0 Å². The summed E-state index contributed by atoms with van der Waals surface area (Å²) >= 11 is 0. The maximum atomic E-state index is 11.0. The van der Waals surface area contributed by atoms with Crippen molar-refractivity contribution >= 4 is 5.97 Å². The molecule has 2 rings (SSSR count). The lowest BCUT2D eigenvalue weighted by atomic mass is 9.97. The van der Waals surface area contributed by atoms with Crippen molar-refractivity contribution in [3.8, 4) is 0 Å². The van der Waals surface area contributed by atoms with E-state index in [2.05, 4.69) is 11.9 Å². The fourth-order valence-corrected chi connectivity index (χ4v) is 2.52. The predicted octanol–water partition coefficient (Wildman–Crippen LogP) is 3.56. The van der Waals surface area contributed by atoms with E-state index in [1.54, 1.807) is 36.7 Å². The summed E-state index contributed by atoms with van der Waals surface area (Å²) in [5.74, 6) is -0.939. The van der Waals surface area contributed by atoms with Gasteiger partial charge >= 0.3 is 5.97 Å². The van der Waals surface area contributed by atoms with Crippen LogP contribution in [0.25, 0.3) is 0 Å². The molecule has 0 saturated carbocycles. The highest BCUT2D eigenvalue weighted by Gasteiger charge is 2.20. The van der Waals surface area contributed by atoms with Crippen molar-refractivity contribution in [1.82, 2.24) is 4.98 Å². The largest absolute Gasteiger partial charge is 0.478 e. The Labute approximate surface area is 142 Å². The van der Waals surface area contributed by atoms with Crippen molar-refractivity contribution in [3.05, 3.63) is 65.5 Å². The van der Waals surface area contributed by atoms with Crippen molar-refractivity contribution < 1.29 is 14.6 Å². The third kappa shape index (κ3) is 5.15. The molecular formula is C19H24N2O3. The van der Waals surface area contributed by atoms with Crippen LogP contribution in [0.1, 0.15) is 53.7 Å². The first-order valence-corrected chi connectivity index (χ1v) is 8.21. The lowest BCUT2D eigenvalue weighted by Gasteiger charge is -2.25. The van der Waals surface area contributed by atoms with Crippen LogP contribution in [0.3, 0.4) is 0 Å². The molecule has 0 radical (unpaired) electrons. The number of ether oxygens (including phenoxy) is 1. The van der Waals surface area contributed by atoms with E-state index < -0.39 is 5.97 Å². The third-order valence-electron chi connectivity index (χ3n) is 3.97. The van der Waals surface area contributed by atoms with Crippen LogP contribution in [-0.2, 0) is 11.3 Å². The summed E-state index contributed by atoms with van der Waals surface area (Å²) in [7, 11) is 0. The quantitative estimate of drug-likeness (QED) is 0.735. The SMILES string of the molecule is CCCCC(OCc1cccnc1)C(N)c1ccc(C(=O)O)cc1. The van der Waals surface area contributed by atoms with Gasteiger partial charge in [-0.25, -0.2) is 4.79 Å². The number of carbonyl (C=O) groups is 1. The van der Waals surface area contributed by atoms with E-state index in [9.17, 15) is 4.79 Å². The zero-order valence-electron chi connectivity index (χ0n) is 13.9. The van der Waals surface area contributed by atoms with E-state index in [1.807, 2.05) is 12.1 Å². The lowest BCUT2D eigenvalue weighted by Crippen LogP contribution is -2.29. The molecule has 0 saturated heterocycles. The summed E-state index contributed by atoms with van der Waals surface area (Å²) in [5.41, 5.74) is 8.53. The number of carboxylic acid groups (broad SMARTS) is 1. The predicted molar refractivity (Wildman–Crippen MR) is 92.7 cm³/mol. The number of aromatic carboxylic acids is 1.